The molecule has 2 atom stereocenters. The zero-order valence-corrected chi connectivity index (χ0v) is 10.6. The smallest absolute Gasteiger partial charge is 0.159 e. The molecule has 0 aliphatic rings. The molecule has 0 aromatic heterocycles. The molecule has 0 aliphatic carbocycles. The van der Waals surface area contributed by atoms with Crippen molar-refractivity contribution in [3.63, 3.8) is 0 Å². The topological polar surface area (TPSA) is 21.3 Å². The maximum absolute atomic E-state index is 13.2. The van der Waals surface area contributed by atoms with E-state index in [0.29, 0.717) is 5.56 Å². The summed E-state index contributed by atoms with van der Waals surface area (Å²) in [5.74, 6) is -1.39. The molecule has 0 saturated heterocycles. The Morgan fingerprint density at radius 3 is 2.24 bits per heavy atom. The lowest BCUT2D eigenvalue weighted by molar-refractivity contribution is 0.0347. The molecule has 2 unspecified atom stereocenters. The lowest BCUT2D eigenvalue weighted by Crippen LogP contribution is -2.34. The first-order chi connectivity index (χ1) is 8.01. The average molecular weight is 243 g/mol. The second-order valence-electron chi connectivity index (χ2n) is 4.38. The zero-order chi connectivity index (χ0) is 13.0. The van der Waals surface area contributed by atoms with Crippen molar-refractivity contribution in [3.8, 4) is 0 Å². The highest BCUT2D eigenvalue weighted by atomic mass is 19.2. The van der Waals surface area contributed by atoms with Crippen LogP contribution in [0, 0.1) is 17.6 Å². The molecule has 0 amide bonds. The Morgan fingerprint density at radius 2 is 1.82 bits per heavy atom. The summed E-state index contributed by atoms with van der Waals surface area (Å²) < 4.78 is 31.5. The second kappa shape index (κ2) is 6.07. The van der Waals surface area contributed by atoms with Crippen LogP contribution in [0.15, 0.2) is 18.2 Å². The average Bonchev–Trinajstić information content (AvgIpc) is 2.29. The number of benzene rings is 1. The predicted molar refractivity (Wildman–Crippen MR) is 63.8 cm³/mol. The quantitative estimate of drug-likeness (QED) is 0.858. The third kappa shape index (κ3) is 3.23. The second-order valence-corrected chi connectivity index (χ2v) is 4.38. The number of ether oxygens (including phenoxy) is 1. The van der Waals surface area contributed by atoms with Gasteiger partial charge in [-0.15, -0.1) is 0 Å². The summed E-state index contributed by atoms with van der Waals surface area (Å²) in [5, 5.41) is 3.08. The summed E-state index contributed by atoms with van der Waals surface area (Å²) in [5.41, 5.74) is 0.687. The van der Waals surface area contributed by atoms with Gasteiger partial charge in [-0.25, -0.2) is 8.78 Å². The summed E-state index contributed by atoms with van der Waals surface area (Å²) in [6.07, 6.45) is -0.0927. The van der Waals surface area contributed by atoms with Crippen molar-refractivity contribution in [3.05, 3.63) is 35.4 Å². The minimum atomic E-state index is -0.832. The lowest BCUT2D eigenvalue weighted by atomic mass is 9.93. The normalized spacial score (nSPS) is 15.0. The van der Waals surface area contributed by atoms with E-state index in [1.54, 1.807) is 20.2 Å². The van der Waals surface area contributed by atoms with Crippen LogP contribution in [0.25, 0.3) is 0 Å². The fourth-order valence-corrected chi connectivity index (χ4v) is 2.02. The summed E-state index contributed by atoms with van der Waals surface area (Å²) in [6.45, 7) is 4.05. The molecule has 96 valence electrons. The number of methoxy groups -OCH3 is 1. The molecule has 1 N–H and O–H groups in total. The Labute approximate surface area is 101 Å². The predicted octanol–water partition coefficient (Wildman–Crippen LogP) is 2.90. The van der Waals surface area contributed by atoms with Crippen molar-refractivity contribution in [2.45, 2.75) is 26.0 Å². The molecule has 0 aliphatic heterocycles. The van der Waals surface area contributed by atoms with Gasteiger partial charge in [0.2, 0.25) is 0 Å². The van der Waals surface area contributed by atoms with Crippen LogP contribution >= 0.6 is 0 Å². The molecule has 1 rings (SSSR count). The molecule has 1 aromatic rings. The largest absolute Gasteiger partial charge is 0.379 e. The van der Waals surface area contributed by atoms with Gasteiger partial charge in [-0.1, -0.05) is 19.9 Å². The molecule has 1 aromatic carbocycles. The fraction of sp³-hybridized carbons (Fsp3) is 0.538. The van der Waals surface area contributed by atoms with Gasteiger partial charge in [-0.2, -0.15) is 0 Å². The van der Waals surface area contributed by atoms with E-state index in [9.17, 15) is 8.78 Å². The number of nitrogens with one attached hydrogen (secondary N) is 1. The Balaban J connectivity index is 3.03. The Hall–Kier alpha value is -1.00. The van der Waals surface area contributed by atoms with Crippen LogP contribution in [0.2, 0.25) is 0 Å². The van der Waals surface area contributed by atoms with Gasteiger partial charge in [0.05, 0.1) is 12.1 Å². The molecule has 17 heavy (non-hydrogen) atoms. The van der Waals surface area contributed by atoms with Crippen molar-refractivity contribution in [2.24, 2.45) is 5.92 Å². The van der Waals surface area contributed by atoms with Crippen molar-refractivity contribution < 1.29 is 13.5 Å². The van der Waals surface area contributed by atoms with Crippen molar-refractivity contribution in [1.29, 1.82) is 0 Å². The van der Waals surface area contributed by atoms with E-state index in [-0.39, 0.29) is 18.1 Å². The molecule has 4 heteroatoms. The van der Waals surface area contributed by atoms with Crippen LogP contribution in [-0.2, 0) is 4.74 Å². The molecule has 0 heterocycles. The van der Waals surface area contributed by atoms with Crippen LogP contribution in [0.1, 0.15) is 25.5 Å². The van der Waals surface area contributed by atoms with Crippen molar-refractivity contribution >= 4 is 0 Å². The van der Waals surface area contributed by atoms with E-state index in [1.807, 2.05) is 13.8 Å². The van der Waals surface area contributed by atoms with Gasteiger partial charge in [0.1, 0.15) is 0 Å². The van der Waals surface area contributed by atoms with Crippen LogP contribution < -0.4 is 5.32 Å². The monoisotopic (exact) mass is 243 g/mol. The van der Waals surface area contributed by atoms with Gasteiger partial charge in [-0.05, 0) is 30.7 Å². The first-order valence-corrected chi connectivity index (χ1v) is 5.66. The minimum absolute atomic E-state index is 0.0927. The maximum Gasteiger partial charge on any atom is 0.159 e. The highest BCUT2D eigenvalue weighted by Crippen LogP contribution is 2.25. The number of hydrogen-bond acceptors (Lipinski definition) is 2. The van der Waals surface area contributed by atoms with E-state index < -0.39 is 11.6 Å². The highest BCUT2D eigenvalue weighted by molar-refractivity contribution is 5.22. The first kappa shape index (κ1) is 14.1. The SMILES string of the molecule is CNC(c1ccc(F)c(F)c1)C(OC)C(C)C. The Kier molecular flexibility index (Phi) is 5.02. The first-order valence-electron chi connectivity index (χ1n) is 5.66. The van der Waals surface area contributed by atoms with Gasteiger partial charge >= 0.3 is 0 Å². The molecule has 0 bridgehead atoms. The standard InChI is InChI=1S/C13H19F2NO/c1-8(2)13(17-4)12(16-3)9-5-6-10(14)11(15)7-9/h5-8,12-13,16H,1-4H3. The summed E-state index contributed by atoms with van der Waals surface area (Å²) in [6, 6.07) is 3.77. The van der Waals surface area contributed by atoms with Crippen molar-refractivity contribution in [1.82, 2.24) is 5.32 Å². The molecular weight excluding hydrogens is 224 g/mol. The van der Waals surface area contributed by atoms with Crippen LogP contribution in [0.3, 0.4) is 0 Å². The number of halogens is 2. The van der Waals surface area contributed by atoms with Gasteiger partial charge in [0.15, 0.2) is 11.6 Å². The molecule has 0 spiro atoms. The fourth-order valence-electron chi connectivity index (χ4n) is 2.02. The van der Waals surface area contributed by atoms with E-state index in [1.165, 1.54) is 6.07 Å². The zero-order valence-electron chi connectivity index (χ0n) is 10.6. The van der Waals surface area contributed by atoms with E-state index >= 15 is 0 Å². The van der Waals surface area contributed by atoms with E-state index in [0.717, 1.165) is 6.07 Å². The highest BCUT2D eigenvalue weighted by Gasteiger charge is 2.25. The lowest BCUT2D eigenvalue weighted by Gasteiger charge is -2.29. The third-order valence-corrected chi connectivity index (χ3v) is 2.87. The van der Waals surface area contributed by atoms with Gasteiger partial charge < -0.3 is 10.1 Å². The Bertz CT molecular complexity index is 368. The van der Waals surface area contributed by atoms with E-state index in [2.05, 4.69) is 5.32 Å². The Morgan fingerprint density at radius 1 is 1.18 bits per heavy atom. The van der Waals surface area contributed by atoms with Crippen LogP contribution in [0.5, 0.6) is 0 Å². The third-order valence-electron chi connectivity index (χ3n) is 2.87. The summed E-state index contributed by atoms with van der Waals surface area (Å²) in [4.78, 5) is 0. The molecule has 0 radical (unpaired) electrons. The van der Waals surface area contributed by atoms with Crippen LogP contribution in [-0.4, -0.2) is 20.3 Å². The van der Waals surface area contributed by atoms with Gasteiger partial charge in [0, 0.05) is 7.11 Å². The maximum atomic E-state index is 13.2. The van der Waals surface area contributed by atoms with Crippen LogP contribution in [0.4, 0.5) is 8.78 Å². The number of hydrogen-bond donors (Lipinski definition) is 1. The molecular formula is C13H19F2NO. The van der Waals surface area contributed by atoms with Gasteiger partial charge in [-0.3, -0.25) is 0 Å². The number of rotatable bonds is 5. The van der Waals surface area contributed by atoms with Gasteiger partial charge in [0.25, 0.3) is 0 Å². The molecule has 2 nitrogen and oxygen atoms in total. The molecule has 0 saturated carbocycles. The van der Waals surface area contributed by atoms with Crippen molar-refractivity contribution in [2.75, 3.05) is 14.2 Å². The summed E-state index contributed by atoms with van der Waals surface area (Å²) in [7, 11) is 3.40. The van der Waals surface area contributed by atoms with E-state index in [4.69, 9.17) is 4.74 Å². The minimum Gasteiger partial charge on any atom is -0.379 e. The summed E-state index contributed by atoms with van der Waals surface area (Å²) >= 11 is 0. The molecule has 0 fully saturated rings. The number of likely N-dealkylation sites (N-methyl/N-ethyl adjacent to an activating group) is 1.